The Balaban J connectivity index is 1.20. The van der Waals surface area contributed by atoms with Crippen molar-refractivity contribution in [2.45, 2.75) is 32.6 Å². The van der Waals surface area contributed by atoms with Crippen molar-refractivity contribution in [1.29, 1.82) is 0 Å². The van der Waals surface area contributed by atoms with Crippen molar-refractivity contribution in [3.8, 4) is 5.75 Å². The summed E-state index contributed by atoms with van der Waals surface area (Å²) in [6.07, 6.45) is 0.701. The molecular formula is C27H35N5O2S. The van der Waals surface area contributed by atoms with Gasteiger partial charge in [0.25, 0.3) is 5.91 Å². The van der Waals surface area contributed by atoms with E-state index in [4.69, 9.17) is 9.72 Å². The van der Waals surface area contributed by atoms with Gasteiger partial charge in [0.05, 0.1) is 7.11 Å². The summed E-state index contributed by atoms with van der Waals surface area (Å²) in [5, 5.41) is 4.04. The Morgan fingerprint density at radius 3 is 2.51 bits per heavy atom. The number of methoxy groups -OCH3 is 1. The molecule has 8 heteroatoms. The van der Waals surface area contributed by atoms with Crippen molar-refractivity contribution in [3.63, 3.8) is 0 Å². The second kappa shape index (κ2) is 11.2. The molecule has 0 saturated carbocycles. The number of hydrogen-bond donors (Lipinski definition) is 1. The van der Waals surface area contributed by atoms with E-state index in [1.54, 1.807) is 7.11 Å². The quantitative estimate of drug-likeness (QED) is 0.512. The summed E-state index contributed by atoms with van der Waals surface area (Å²) in [6.45, 7) is 11.7. The van der Waals surface area contributed by atoms with Gasteiger partial charge >= 0.3 is 0 Å². The Morgan fingerprint density at radius 1 is 1.09 bits per heavy atom. The molecule has 1 aromatic heterocycles. The molecule has 0 aliphatic carbocycles. The fraction of sp³-hybridized carbons (Fsp3) is 0.444. The topological polar surface area (TPSA) is 70.6 Å². The normalized spacial score (nSPS) is 14.7. The molecule has 3 aromatic rings. The molecule has 1 aliphatic heterocycles. The van der Waals surface area contributed by atoms with Gasteiger partial charge in [0.2, 0.25) is 5.13 Å². The van der Waals surface area contributed by atoms with Crippen LogP contribution in [0, 0.1) is 0 Å². The molecule has 1 saturated heterocycles. The van der Waals surface area contributed by atoms with Gasteiger partial charge in [-0.3, -0.25) is 9.69 Å². The number of ether oxygens (including phenoxy) is 1. The smallest absolute Gasteiger partial charge is 0.251 e. The minimum Gasteiger partial charge on any atom is -0.497 e. The lowest BCUT2D eigenvalue weighted by atomic mass is 9.87. The van der Waals surface area contributed by atoms with Gasteiger partial charge in [-0.05, 0) is 40.8 Å². The molecule has 0 spiro atoms. The van der Waals surface area contributed by atoms with E-state index < -0.39 is 0 Å². The predicted molar refractivity (Wildman–Crippen MR) is 142 cm³/mol. The van der Waals surface area contributed by atoms with Crippen molar-refractivity contribution in [1.82, 2.24) is 19.6 Å². The fourth-order valence-electron chi connectivity index (χ4n) is 4.12. The number of nitrogens with one attached hydrogen (secondary N) is 1. The molecule has 0 unspecified atom stereocenters. The monoisotopic (exact) mass is 493 g/mol. The van der Waals surface area contributed by atoms with Gasteiger partial charge < -0.3 is 15.0 Å². The van der Waals surface area contributed by atoms with Gasteiger partial charge in [-0.25, -0.2) is 4.98 Å². The number of amides is 1. The largest absolute Gasteiger partial charge is 0.497 e. The van der Waals surface area contributed by atoms with Crippen LogP contribution in [0.1, 0.15) is 48.1 Å². The lowest BCUT2D eigenvalue weighted by molar-refractivity contribution is 0.0947. The van der Waals surface area contributed by atoms with E-state index in [2.05, 4.69) is 46.3 Å². The zero-order chi connectivity index (χ0) is 24.8. The maximum absolute atomic E-state index is 12.5. The molecule has 1 aliphatic rings. The zero-order valence-corrected chi connectivity index (χ0v) is 21.9. The maximum Gasteiger partial charge on any atom is 0.251 e. The SMILES string of the molecule is COc1cccc(Cc2nsc(N3CCN(CCNC(=O)c4ccc(C(C)(C)C)cc4)CC3)n2)c1. The van der Waals surface area contributed by atoms with E-state index in [1.807, 2.05) is 42.5 Å². The van der Waals surface area contributed by atoms with Crippen LogP contribution in [0.25, 0.3) is 0 Å². The minimum atomic E-state index is -0.0125. The number of aromatic nitrogens is 2. The summed E-state index contributed by atoms with van der Waals surface area (Å²) in [6, 6.07) is 16.0. The van der Waals surface area contributed by atoms with E-state index in [-0.39, 0.29) is 11.3 Å². The average molecular weight is 494 g/mol. The summed E-state index contributed by atoms with van der Waals surface area (Å²) >= 11 is 1.47. The van der Waals surface area contributed by atoms with Crippen molar-refractivity contribution in [2.75, 3.05) is 51.3 Å². The van der Waals surface area contributed by atoms with Gasteiger partial charge in [-0.1, -0.05) is 45.0 Å². The van der Waals surface area contributed by atoms with Crippen molar-refractivity contribution in [3.05, 3.63) is 71.0 Å². The molecule has 1 N–H and O–H groups in total. The molecule has 186 valence electrons. The van der Waals surface area contributed by atoms with Crippen LogP contribution in [0.5, 0.6) is 5.75 Å². The van der Waals surface area contributed by atoms with Crippen molar-refractivity contribution < 1.29 is 9.53 Å². The number of piperazine rings is 1. The Kier molecular flexibility index (Phi) is 8.03. The first-order valence-corrected chi connectivity index (χ1v) is 12.9. The highest BCUT2D eigenvalue weighted by atomic mass is 32.1. The third kappa shape index (κ3) is 6.80. The number of rotatable bonds is 8. The van der Waals surface area contributed by atoms with Crippen LogP contribution >= 0.6 is 11.5 Å². The molecule has 1 amide bonds. The Hall–Kier alpha value is -2.97. The molecule has 0 bridgehead atoms. The van der Waals surface area contributed by atoms with E-state index in [0.717, 1.165) is 55.0 Å². The first-order valence-electron chi connectivity index (χ1n) is 12.1. The number of anilines is 1. The van der Waals surface area contributed by atoms with E-state index in [9.17, 15) is 4.79 Å². The zero-order valence-electron chi connectivity index (χ0n) is 21.1. The highest BCUT2D eigenvalue weighted by Gasteiger charge is 2.20. The number of hydrogen-bond acceptors (Lipinski definition) is 7. The molecule has 0 atom stereocenters. The van der Waals surface area contributed by atoms with Crippen LogP contribution in [0.4, 0.5) is 5.13 Å². The lowest BCUT2D eigenvalue weighted by Crippen LogP contribution is -2.48. The first kappa shape index (κ1) is 25.1. The molecular weight excluding hydrogens is 458 g/mol. The molecule has 2 heterocycles. The molecule has 2 aromatic carbocycles. The molecule has 35 heavy (non-hydrogen) atoms. The van der Waals surface area contributed by atoms with Crippen molar-refractivity contribution >= 4 is 22.6 Å². The number of benzene rings is 2. The maximum atomic E-state index is 12.5. The average Bonchev–Trinajstić information content (AvgIpc) is 3.32. The standard InChI is InChI=1S/C27H35N5O2S/c1-27(2,3)22-10-8-21(9-11-22)25(33)28-12-13-31-14-16-32(17-15-31)26-29-24(30-35-26)19-20-6-5-7-23(18-20)34-4/h5-11,18H,12-17,19H2,1-4H3,(H,28,33). The van der Waals surface area contributed by atoms with E-state index in [0.29, 0.717) is 18.5 Å². The highest BCUT2D eigenvalue weighted by Crippen LogP contribution is 2.23. The van der Waals surface area contributed by atoms with Crippen LogP contribution < -0.4 is 15.0 Å². The van der Waals surface area contributed by atoms with E-state index >= 15 is 0 Å². The van der Waals surface area contributed by atoms with Crippen LogP contribution in [0.15, 0.2) is 48.5 Å². The van der Waals surface area contributed by atoms with Crippen LogP contribution in [-0.4, -0.2) is 66.5 Å². The summed E-state index contributed by atoms with van der Waals surface area (Å²) in [4.78, 5) is 22.0. The summed E-state index contributed by atoms with van der Waals surface area (Å²) in [7, 11) is 1.68. The third-order valence-electron chi connectivity index (χ3n) is 6.32. The van der Waals surface area contributed by atoms with Gasteiger partial charge in [0.15, 0.2) is 0 Å². The molecule has 0 radical (unpaired) electrons. The van der Waals surface area contributed by atoms with Crippen molar-refractivity contribution in [2.24, 2.45) is 0 Å². The van der Waals surface area contributed by atoms with Crippen LogP contribution in [0.3, 0.4) is 0 Å². The summed E-state index contributed by atoms with van der Waals surface area (Å²) in [5.41, 5.74) is 3.17. The Bertz CT molecular complexity index is 1120. The molecule has 7 nitrogen and oxygen atoms in total. The summed E-state index contributed by atoms with van der Waals surface area (Å²) < 4.78 is 9.87. The lowest BCUT2D eigenvalue weighted by Gasteiger charge is -2.34. The van der Waals surface area contributed by atoms with Crippen LogP contribution in [0.2, 0.25) is 0 Å². The molecule has 4 rings (SSSR count). The number of carbonyl (C=O) groups excluding carboxylic acids is 1. The van der Waals surface area contributed by atoms with Gasteiger partial charge in [0.1, 0.15) is 11.6 Å². The minimum absolute atomic E-state index is 0.0125. The van der Waals surface area contributed by atoms with Crippen LogP contribution in [-0.2, 0) is 11.8 Å². The van der Waals surface area contributed by atoms with Gasteiger partial charge in [-0.15, -0.1) is 0 Å². The number of carbonyl (C=O) groups is 1. The second-order valence-corrected chi connectivity index (χ2v) is 10.7. The third-order valence-corrected chi connectivity index (χ3v) is 7.14. The Labute approximate surface area is 212 Å². The predicted octanol–water partition coefficient (Wildman–Crippen LogP) is 3.99. The second-order valence-electron chi connectivity index (χ2n) is 9.93. The fourth-order valence-corrected chi connectivity index (χ4v) is 4.86. The molecule has 1 fully saturated rings. The highest BCUT2D eigenvalue weighted by molar-refractivity contribution is 7.09. The van der Waals surface area contributed by atoms with Gasteiger partial charge in [-0.2, -0.15) is 4.37 Å². The number of nitrogens with zero attached hydrogens (tertiary/aromatic N) is 4. The summed E-state index contributed by atoms with van der Waals surface area (Å²) in [5.74, 6) is 1.68. The van der Waals surface area contributed by atoms with Gasteiger partial charge in [0, 0.05) is 62.8 Å². The van der Waals surface area contributed by atoms with E-state index in [1.165, 1.54) is 17.1 Å². The Morgan fingerprint density at radius 2 is 1.83 bits per heavy atom. The first-order chi connectivity index (χ1) is 16.8.